The number of hydrogen-bond donors (Lipinski definition) is 0. The average Bonchev–Trinajstić information content (AvgIpc) is 3.38. The Morgan fingerprint density at radius 1 is 1.18 bits per heavy atom. The highest BCUT2D eigenvalue weighted by atomic mass is 16.5. The van der Waals surface area contributed by atoms with Crippen LogP contribution in [0.5, 0.6) is 0 Å². The molecule has 4 aliphatic carbocycles. The molecule has 5 nitrogen and oxygen atoms in total. The smallest absolute Gasteiger partial charge is 0.157 e. The van der Waals surface area contributed by atoms with Gasteiger partial charge in [-0.1, -0.05) is 27.2 Å². The second-order valence-electron chi connectivity index (χ2n) is 12.5. The zero-order valence-corrected chi connectivity index (χ0v) is 20.9. The molecule has 4 saturated carbocycles. The molecule has 2 unspecified atom stereocenters. The van der Waals surface area contributed by atoms with Crippen molar-refractivity contribution in [3.8, 4) is 6.07 Å². The highest BCUT2D eigenvalue weighted by Crippen LogP contribution is 2.69. The molecule has 1 aromatic rings. The SMILES string of the molecule is COC[C@@H]1CC2C[C@@H](C)CC[C@]2(C)C2CC[C@]3(C)[C@@H](C(=O)Cn4cc(C#N)cn4)CC[C@H]3[C@@H]21. The van der Waals surface area contributed by atoms with Crippen LogP contribution in [-0.2, 0) is 16.1 Å². The summed E-state index contributed by atoms with van der Waals surface area (Å²) in [5, 5.41) is 13.3. The first kappa shape index (κ1) is 23.1. The van der Waals surface area contributed by atoms with E-state index in [1.54, 1.807) is 17.1 Å². The van der Waals surface area contributed by atoms with Gasteiger partial charge in [0, 0.05) is 25.8 Å². The average molecular weight is 452 g/mol. The van der Waals surface area contributed by atoms with Gasteiger partial charge in [-0.2, -0.15) is 10.4 Å². The van der Waals surface area contributed by atoms with Gasteiger partial charge in [-0.05, 0) is 91.3 Å². The van der Waals surface area contributed by atoms with Crippen molar-refractivity contribution < 1.29 is 9.53 Å². The number of methoxy groups -OCH3 is 1. The van der Waals surface area contributed by atoms with Crippen LogP contribution in [0.25, 0.3) is 0 Å². The molecular weight excluding hydrogens is 410 g/mol. The van der Waals surface area contributed by atoms with Gasteiger partial charge in [0.15, 0.2) is 5.78 Å². The van der Waals surface area contributed by atoms with Gasteiger partial charge in [0.25, 0.3) is 0 Å². The minimum atomic E-state index is 0.0839. The Hall–Kier alpha value is -1.67. The van der Waals surface area contributed by atoms with Crippen molar-refractivity contribution in [1.82, 2.24) is 9.78 Å². The molecule has 0 bridgehead atoms. The first-order valence-electron chi connectivity index (χ1n) is 13.2. The van der Waals surface area contributed by atoms with E-state index in [4.69, 9.17) is 10.00 Å². The van der Waals surface area contributed by atoms with Crippen LogP contribution in [0, 0.1) is 63.6 Å². The van der Waals surface area contributed by atoms with E-state index in [0.717, 1.165) is 30.8 Å². The van der Waals surface area contributed by atoms with Crippen LogP contribution in [0.4, 0.5) is 0 Å². The Kier molecular flexibility index (Phi) is 5.96. The molecule has 33 heavy (non-hydrogen) atoms. The van der Waals surface area contributed by atoms with E-state index < -0.39 is 0 Å². The van der Waals surface area contributed by atoms with E-state index in [0.29, 0.717) is 41.1 Å². The largest absolute Gasteiger partial charge is 0.384 e. The molecule has 0 amide bonds. The van der Waals surface area contributed by atoms with Crippen LogP contribution in [-0.4, -0.2) is 29.3 Å². The monoisotopic (exact) mass is 451 g/mol. The lowest BCUT2D eigenvalue weighted by molar-refractivity contribution is -0.157. The molecular formula is C28H41N3O2. The van der Waals surface area contributed by atoms with Crippen molar-refractivity contribution in [3.05, 3.63) is 18.0 Å². The minimum Gasteiger partial charge on any atom is -0.384 e. The number of carbonyl (C=O) groups is 1. The standard InChI is InChI=1S/C28H41N3O2/c1-18-7-9-27(2)21(11-18)12-20(17-33-4)26-23-6-5-22(28(23,3)10-8-24(26)27)25(32)16-31-15-19(13-29)14-30-31/h14-15,18,20-24,26H,5-12,16-17H2,1-4H3/t18-,20-,21?,22+,23-,24?,26-,27-,28+/m0/s1. The van der Waals surface area contributed by atoms with Gasteiger partial charge >= 0.3 is 0 Å². The number of ether oxygens (including phenoxy) is 1. The molecule has 5 heteroatoms. The molecule has 1 aromatic heterocycles. The Bertz CT molecular complexity index is 934. The first-order valence-corrected chi connectivity index (χ1v) is 13.2. The summed E-state index contributed by atoms with van der Waals surface area (Å²) in [6, 6.07) is 2.11. The van der Waals surface area contributed by atoms with Crippen LogP contribution in [0.1, 0.15) is 77.7 Å². The number of rotatable bonds is 5. The predicted molar refractivity (Wildman–Crippen MR) is 127 cm³/mol. The maximum Gasteiger partial charge on any atom is 0.157 e. The van der Waals surface area contributed by atoms with E-state index in [1.807, 2.05) is 7.11 Å². The number of hydrogen-bond acceptors (Lipinski definition) is 4. The molecule has 4 aliphatic rings. The van der Waals surface area contributed by atoms with Gasteiger partial charge in [-0.25, -0.2) is 0 Å². The van der Waals surface area contributed by atoms with Gasteiger partial charge in [-0.3, -0.25) is 9.48 Å². The molecule has 4 fully saturated rings. The second kappa shape index (κ2) is 8.52. The summed E-state index contributed by atoms with van der Waals surface area (Å²) in [7, 11) is 1.87. The molecule has 0 spiro atoms. The minimum absolute atomic E-state index is 0.0839. The summed E-state index contributed by atoms with van der Waals surface area (Å²) in [4.78, 5) is 13.5. The van der Waals surface area contributed by atoms with Crippen molar-refractivity contribution in [2.75, 3.05) is 13.7 Å². The van der Waals surface area contributed by atoms with Crippen LogP contribution in [0.2, 0.25) is 0 Å². The summed E-state index contributed by atoms with van der Waals surface area (Å²) >= 11 is 0. The number of aromatic nitrogens is 2. The van der Waals surface area contributed by atoms with E-state index in [2.05, 4.69) is 31.9 Å². The lowest BCUT2D eigenvalue weighted by Gasteiger charge is -2.63. The fourth-order valence-corrected chi connectivity index (χ4v) is 9.33. The number of fused-ring (bicyclic) bond motifs is 5. The van der Waals surface area contributed by atoms with E-state index in [1.165, 1.54) is 44.9 Å². The number of Topliss-reactive ketones (excluding diaryl/α,β-unsaturated/α-hetero) is 1. The molecule has 5 rings (SSSR count). The maximum atomic E-state index is 13.5. The number of ketones is 1. The second-order valence-corrected chi connectivity index (χ2v) is 12.5. The van der Waals surface area contributed by atoms with Crippen LogP contribution in [0.3, 0.4) is 0 Å². The predicted octanol–water partition coefficient (Wildman–Crippen LogP) is 5.49. The third-order valence-electron chi connectivity index (χ3n) is 11.0. The van der Waals surface area contributed by atoms with Crippen molar-refractivity contribution in [3.63, 3.8) is 0 Å². The van der Waals surface area contributed by atoms with Crippen LogP contribution >= 0.6 is 0 Å². The summed E-state index contributed by atoms with van der Waals surface area (Å²) in [6.45, 7) is 8.66. The Morgan fingerprint density at radius 2 is 1.94 bits per heavy atom. The van der Waals surface area contributed by atoms with Gasteiger partial charge in [0.1, 0.15) is 6.07 Å². The van der Waals surface area contributed by atoms with E-state index in [-0.39, 0.29) is 11.3 Å². The molecule has 180 valence electrons. The number of carbonyl (C=O) groups excluding carboxylic acids is 1. The fourth-order valence-electron chi connectivity index (χ4n) is 9.33. The van der Waals surface area contributed by atoms with Crippen LogP contribution < -0.4 is 0 Å². The molecule has 0 N–H and O–H groups in total. The first-order chi connectivity index (χ1) is 15.8. The normalized spacial score (nSPS) is 44.4. The van der Waals surface area contributed by atoms with E-state index in [9.17, 15) is 4.79 Å². The Labute approximate surface area is 199 Å². The van der Waals surface area contributed by atoms with Gasteiger partial charge in [0.2, 0.25) is 0 Å². The molecule has 1 heterocycles. The van der Waals surface area contributed by atoms with Crippen molar-refractivity contribution >= 4 is 5.78 Å². The number of nitriles is 1. The third kappa shape index (κ3) is 3.68. The topological polar surface area (TPSA) is 67.9 Å². The molecule has 9 atom stereocenters. The molecule has 0 aliphatic heterocycles. The zero-order chi connectivity index (χ0) is 23.4. The summed E-state index contributed by atoms with van der Waals surface area (Å²) < 4.78 is 7.47. The lowest BCUT2D eigenvalue weighted by atomic mass is 9.42. The lowest BCUT2D eigenvalue weighted by Crippen LogP contribution is -2.57. The van der Waals surface area contributed by atoms with Crippen molar-refractivity contribution in [1.29, 1.82) is 5.26 Å². The van der Waals surface area contributed by atoms with Crippen molar-refractivity contribution in [2.24, 2.45) is 52.3 Å². The van der Waals surface area contributed by atoms with E-state index >= 15 is 0 Å². The zero-order valence-electron chi connectivity index (χ0n) is 20.9. The van der Waals surface area contributed by atoms with Gasteiger partial charge < -0.3 is 4.74 Å². The fraction of sp³-hybridized carbons (Fsp3) is 0.821. The maximum absolute atomic E-state index is 13.5. The van der Waals surface area contributed by atoms with Gasteiger partial charge in [-0.15, -0.1) is 0 Å². The molecule has 0 saturated heterocycles. The summed E-state index contributed by atoms with van der Waals surface area (Å²) in [6.07, 6.45) is 13.3. The molecule has 0 radical (unpaired) electrons. The summed E-state index contributed by atoms with van der Waals surface area (Å²) in [5.41, 5.74) is 1.07. The number of nitrogens with zero attached hydrogens (tertiary/aromatic N) is 3. The quantitative estimate of drug-likeness (QED) is 0.593. The highest BCUT2D eigenvalue weighted by Gasteiger charge is 2.63. The van der Waals surface area contributed by atoms with Crippen LogP contribution in [0.15, 0.2) is 12.4 Å². The highest BCUT2D eigenvalue weighted by molar-refractivity contribution is 5.82. The molecule has 0 aromatic carbocycles. The third-order valence-corrected chi connectivity index (χ3v) is 11.0. The van der Waals surface area contributed by atoms with Gasteiger partial charge in [0.05, 0.1) is 18.3 Å². The van der Waals surface area contributed by atoms with Crippen molar-refractivity contribution in [2.45, 2.75) is 78.7 Å². The summed E-state index contributed by atoms with van der Waals surface area (Å²) in [5.74, 6) is 4.82. The Morgan fingerprint density at radius 3 is 2.67 bits per heavy atom. The Balaban J connectivity index is 1.40.